The number of carbonyl (C=O) groups is 2. The fraction of sp³-hybridized carbons (Fsp3) is 0.450. The summed E-state index contributed by atoms with van der Waals surface area (Å²) in [5.41, 5.74) is 1.12. The summed E-state index contributed by atoms with van der Waals surface area (Å²) < 4.78 is 4.99. The van der Waals surface area contributed by atoms with Gasteiger partial charge in [-0.3, -0.25) is 9.59 Å². The van der Waals surface area contributed by atoms with Crippen LogP contribution >= 0.6 is 0 Å². The Hall–Kier alpha value is -2.83. The van der Waals surface area contributed by atoms with Gasteiger partial charge in [-0.25, -0.2) is 0 Å². The average molecular weight is 371 g/mol. The molecule has 0 saturated carbocycles. The molecule has 2 aromatic rings. The Labute approximate surface area is 158 Å². The van der Waals surface area contributed by atoms with Crippen molar-refractivity contribution in [3.8, 4) is 0 Å². The predicted octanol–water partition coefficient (Wildman–Crippen LogP) is 2.75. The van der Waals surface area contributed by atoms with Gasteiger partial charge in [0, 0.05) is 44.9 Å². The maximum Gasteiger partial charge on any atom is 0.303 e. The van der Waals surface area contributed by atoms with Crippen LogP contribution < -0.4 is 4.90 Å². The van der Waals surface area contributed by atoms with Gasteiger partial charge in [-0.1, -0.05) is 23.4 Å². The van der Waals surface area contributed by atoms with Gasteiger partial charge >= 0.3 is 5.97 Å². The van der Waals surface area contributed by atoms with Crippen LogP contribution in [0.2, 0.25) is 0 Å². The molecule has 1 aromatic carbocycles. The van der Waals surface area contributed by atoms with Crippen molar-refractivity contribution in [1.29, 1.82) is 0 Å². The van der Waals surface area contributed by atoms with E-state index in [2.05, 4.69) is 22.2 Å². The number of hydrogen-bond acceptors (Lipinski definition) is 5. The average Bonchev–Trinajstić information content (AvgIpc) is 3.21. The lowest BCUT2D eigenvalue weighted by Gasteiger charge is -2.38. The van der Waals surface area contributed by atoms with Gasteiger partial charge in [-0.2, -0.15) is 0 Å². The number of amides is 1. The van der Waals surface area contributed by atoms with Crippen LogP contribution in [0.15, 0.2) is 47.1 Å². The molecule has 2 heterocycles. The molecule has 1 fully saturated rings. The van der Waals surface area contributed by atoms with Crippen molar-refractivity contribution in [2.24, 2.45) is 11.8 Å². The lowest BCUT2D eigenvalue weighted by Crippen LogP contribution is -2.45. The molecule has 0 unspecified atom stereocenters. The van der Waals surface area contributed by atoms with Crippen LogP contribution in [0, 0.1) is 11.8 Å². The standard InChI is InChI=1S/C20H25N3O4/c1-22(17-5-3-2-4-6-17)11-8-16-14-23(12-9-15(16)13-19(24)25)20(26)18-7-10-21-27-18/h2-7,10,15-16H,8-9,11-14H2,1H3,(H,24,25)/t15-,16+/m0/s1. The van der Waals surface area contributed by atoms with Crippen LogP contribution in [0.5, 0.6) is 0 Å². The number of benzene rings is 1. The minimum atomic E-state index is -0.781. The maximum atomic E-state index is 12.6. The third-order valence-corrected chi connectivity index (χ3v) is 5.30. The Morgan fingerprint density at radius 1 is 1.26 bits per heavy atom. The highest BCUT2D eigenvalue weighted by atomic mass is 16.5. The van der Waals surface area contributed by atoms with Gasteiger partial charge in [-0.05, 0) is 36.8 Å². The summed E-state index contributed by atoms with van der Waals surface area (Å²) in [6, 6.07) is 11.6. The van der Waals surface area contributed by atoms with E-state index in [4.69, 9.17) is 4.52 Å². The Bertz CT molecular complexity index is 748. The molecule has 1 N–H and O–H groups in total. The second kappa shape index (κ2) is 8.70. The van der Waals surface area contributed by atoms with Crippen molar-refractivity contribution in [1.82, 2.24) is 10.1 Å². The molecular weight excluding hydrogens is 346 g/mol. The fourth-order valence-electron chi connectivity index (χ4n) is 3.74. The summed E-state index contributed by atoms with van der Waals surface area (Å²) in [7, 11) is 2.03. The zero-order valence-corrected chi connectivity index (χ0v) is 15.5. The lowest BCUT2D eigenvalue weighted by molar-refractivity contribution is -0.139. The zero-order valence-electron chi connectivity index (χ0n) is 15.5. The molecular formula is C20H25N3O4. The van der Waals surface area contributed by atoms with Gasteiger partial charge in [0.05, 0.1) is 6.20 Å². The van der Waals surface area contributed by atoms with Crippen molar-refractivity contribution >= 4 is 17.6 Å². The first kappa shape index (κ1) is 18.9. The number of rotatable bonds is 7. The second-order valence-electron chi connectivity index (χ2n) is 7.08. The number of hydrogen-bond donors (Lipinski definition) is 1. The Morgan fingerprint density at radius 2 is 2.04 bits per heavy atom. The van der Waals surface area contributed by atoms with Gasteiger partial charge in [0.1, 0.15) is 0 Å². The molecule has 0 radical (unpaired) electrons. The number of nitrogens with zero attached hydrogens (tertiary/aromatic N) is 3. The minimum Gasteiger partial charge on any atom is -0.481 e. The van der Waals surface area contributed by atoms with E-state index in [0.29, 0.717) is 19.5 Å². The number of piperidine rings is 1. The molecule has 144 valence electrons. The molecule has 1 aromatic heterocycles. The molecule has 3 rings (SSSR count). The van der Waals surface area contributed by atoms with E-state index in [1.807, 2.05) is 25.2 Å². The normalized spacial score (nSPS) is 19.7. The molecule has 2 atom stereocenters. The predicted molar refractivity (Wildman–Crippen MR) is 101 cm³/mol. The number of carboxylic acids is 1. The van der Waals surface area contributed by atoms with E-state index < -0.39 is 5.97 Å². The molecule has 0 spiro atoms. The van der Waals surface area contributed by atoms with E-state index in [1.54, 1.807) is 11.0 Å². The van der Waals surface area contributed by atoms with Gasteiger partial charge < -0.3 is 19.4 Å². The first-order valence-electron chi connectivity index (χ1n) is 9.22. The van der Waals surface area contributed by atoms with Crippen molar-refractivity contribution in [3.05, 3.63) is 48.4 Å². The summed E-state index contributed by atoms with van der Waals surface area (Å²) in [4.78, 5) is 27.7. The smallest absolute Gasteiger partial charge is 0.303 e. The molecule has 0 aliphatic carbocycles. The SMILES string of the molecule is CN(CC[C@@H]1CN(C(=O)c2ccno2)CC[C@H]1CC(=O)O)c1ccccc1. The van der Waals surface area contributed by atoms with Crippen molar-refractivity contribution < 1.29 is 19.2 Å². The second-order valence-corrected chi connectivity index (χ2v) is 7.08. The number of carbonyl (C=O) groups excluding carboxylic acids is 1. The Balaban J connectivity index is 1.65. The van der Waals surface area contributed by atoms with E-state index in [-0.39, 0.29) is 29.9 Å². The number of carboxylic acid groups (broad SMARTS) is 1. The molecule has 1 aliphatic heterocycles. The van der Waals surface area contributed by atoms with Crippen molar-refractivity contribution in [2.75, 3.05) is 31.6 Å². The van der Waals surface area contributed by atoms with Crippen LogP contribution in [0.3, 0.4) is 0 Å². The van der Waals surface area contributed by atoms with E-state index in [0.717, 1.165) is 18.7 Å². The Morgan fingerprint density at radius 3 is 2.70 bits per heavy atom. The molecule has 7 nitrogen and oxygen atoms in total. The first-order valence-corrected chi connectivity index (χ1v) is 9.22. The Kier molecular flexibility index (Phi) is 6.11. The van der Waals surface area contributed by atoms with Crippen LogP contribution in [-0.2, 0) is 4.79 Å². The summed E-state index contributed by atoms with van der Waals surface area (Å²) in [5, 5.41) is 12.8. The zero-order chi connectivity index (χ0) is 19.2. The van der Waals surface area contributed by atoms with Crippen molar-refractivity contribution in [2.45, 2.75) is 19.3 Å². The molecule has 0 bridgehead atoms. The fourth-order valence-corrected chi connectivity index (χ4v) is 3.74. The number of anilines is 1. The van der Waals surface area contributed by atoms with Gasteiger partial charge in [-0.15, -0.1) is 0 Å². The van der Waals surface area contributed by atoms with Gasteiger partial charge in [0.15, 0.2) is 0 Å². The topological polar surface area (TPSA) is 86.9 Å². The highest BCUT2D eigenvalue weighted by molar-refractivity contribution is 5.91. The number of aliphatic carboxylic acids is 1. The maximum absolute atomic E-state index is 12.6. The number of para-hydroxylation sites is 1. The van der Waals surface area contributed by atoms with E-state index >= 15 is 0 Å². The van der Waals surface area contributed by atoms with Crippen LogP contribution in [0.1, 0.15) is 29.8 Å². The quantitative estimate of drug-likeness (QED) is 0.805. The monoisotopic (exact) mass is 371 g/mol. The third-order valence-electron chi connectivity index (χ3n) is 5.30. The van der Waals surface area contributed by atoms with Gasteiger partial charge in [0.2, 0.25) is 5.76 Å². The molecule has 1 amide bonds. The van der Waals surface area contributed by atoms with E-state index in [9.17, 15) is 14.7 Å². The molecule has 1 saturated heterocycles. The van der Waals surface area contributed by atoms with Crippen molar-refractivity contribution in [3.63, 3.8) is 0 Å². The van der Waals surface area contributed by atoms with Crippen LogP contribution in [0.25, 0.3) is 0 Å². The summed E-state index contributed by atoms with van der Waals surface area (Å²) in [6.45, 7) is 1.89. The minimum absolute atomic E-state index is 0.0745. The number of likely N-dealkylation sites (tertiary alicyclic amines) is 1. The van der Waals surface area contributed by atoms with E-state index in [1.165, 1.54) is 6.20 Å². The lowest BCUT2D eigenvalue weighted by atomic mass is 9.81. The largest absolute Gasteiger partial charge is 0.481 e. The highest BCUT2D eigenvalue weighted by Crippen LogP contribution is 2.30. The molecule has 1 aliphatic rings. The van der Waals surface area contributed by atoms with Crippen LogP contribution in [-0.4, -0.2) is 53.7 Å². The first-order chi connectivity index (χ1) is 13.0. The summed E-state index contributed by atoms with van der Waals surface area (Å²) in [5.74, 6) is -0.524. The third kappa shape index (κ3) is 4.87. The summed E-state index contributed by atoms with van der Waals surface area (Å²) in [6.07, 6.45) is 3.11. The molecule has 7 heteroatoms. The highest BCUT2D eigenvalue weighted by Gasteiger charge is 2.33. The van der Waals surface area contributed by atoms with Gasteiger partial charge in [0.25, 0.3) is 5.91 Å². The summed E-state index contributed by atoms with van der Waals surface area (Å²) >= 11 is 0. The number of aromatic nitrogens is 1. The van der Waals surface area contributed by atoms with Crippen LogP contribution in [0.4, 0.5) is 5.69 Å². The molecule has 27 heavy (non-hydrogen) atoms.